The van der Waals surface area contributed by atoms with E-state index in [9.17, 15) is 14.4 Å². The number of hydrogen-bond acceptors (Lipinski definition) is 3. The first kappa shape index (κ1) is 20.2. The number of rotatable bonds is 7. The third-order valence-corrected chi connectivity index (χ3v) is 5.25. The van der Waals surface area contributed by atoms with Crippen molar-refractivity contribution < 1.29 is 9.59 Å². The predicted octanol–water partition coefficient (Wildman–Crippen LogP) is 2.33. The molecule has 1 aliphatic rings. The van der Waals surface area contributed by atoms with Crippen molar-refractivity contribution in [2.24, 2.45) is 5.92 Å². The Kier molecular flexibility index (Phi) is 6.54. The first-order chi connectivity index (χ1) is 13.4. The molecule has 1 aliphatic heterocycles. The molecule has 0 aliphatic carbocycles. The molecule has 1 fully saturated rings. The number of aromatic amines is 2. The summed E-state index contributed by atoms with van der Waals surface area (Å²) in [7, 11) is 0. The molecule has 1 aromatic heterocycles. The molecule has 0 bridgehead atoms. The van der Waals surface area contributed by atoms with Crippen molar-refractivity contribution in [1.82, 2.24) is 20.2 Å². The Morgan fingerprint density at radius 1 is 1.18 bits per heavy atom. The number of H-pyrrole nitrogens is 2. The lowest BCUT2D eigenvalue weighted by atomic mass is 10.0. The van der Waals surface area contributed by atoms with Crippen molar-refractivity contribution in [3.8, 4) is 0 Å². The lowest BCUT2D eigenvalue weighted by Crippen LogP contribution is -2.46. The van der Waals surface area contributed by atoms with Crippen molar-refractivity contribution in [1.29, 1.82) is 0 Å². The van der Waals surface area contributed by atoms with Crippen LogP contribution >= 0.6 is 0 Å². The molecule has 1 aromatic carbocycles. The van der Waals surface area contributed by atoms with Gasteiger partial charge in [-0.25, -0.2) is 4.79 Å². The monoisotopic (exact) mass is 386 g/mol. The standard InChI is InChI=1S/C21H30N4O3/c1-14(2)12-20(27)25-10-8-16(9-11-25)22-19(26)5-3-4-15-6-7-17-18(13-15)24-21(28)23-17/h6-7,13-14,16H,3-5,8-12H2,1-2H3,(H,22,26)(H2,23,24,28). The molecule has 7 heteroatoms. The zero-order chi connectivity index (χ0) is 20.1. The maximum atomic E-state index is 12.2. The van der Waals surface area contributed by atoms with Gasteiger partial charge in [0, 0.05) is 32.0 Å². The Hall–Kier alpha value is -2.57. The maximum absolute atomic E-state index is 12.2. The zero-order valence-corrected chi connectivity index (χ0v) is 16.7. The SMILES string of the molecule is CC(C)CC(=O)N1CCC(NC(=O)CCCc2ccc3[nH]c(=O)[nH]c3c2)CC1. The molecule has 2 heterocycles. The van der Waals surface area contributed by atoms with Crippen LogP contribution in [0.2, 0.25) is 0 Å². The molecule has 3 rings (SSSR count). The van der Waals surface area contributed by atoms with Crippen LogP contribution in [0, 0.1) is 5.92 Å². The largest absolute Gasteiger partial charge is 0.353 e. The number of nitrogens with zero attached hydrogens (tertiary/aromatic N) is 1. The third kappa shape index (κ3) is 5.47. The van der Waals surface area contributed by atoms with Crippen molar-refractivity contribution in [2.75, 3.05) is 13.1 Å². The minimum atomic E-state index is -0.205. The molecule has 28 heavy (non-hydrogen) atoms. The second-order valence-electron chi connectivity index (χ2n) is 8.13. The van der Waals surface area contributed by atoms with Crippen molar-refractivity contribution in [2.45, 2.75) is 58.4 Å². The summed E-state index contributed by atoms with van der Waals surface area (Å²) in [4.78, 5) is 43.1. The fourth-order valence-electron chi connectivity index (χ4n) is 3.74. The number of amides is 2. The number of hydrogen-bond donors (Lipinski definition) is 3. The normalized spacial score (nSPS) is 15.3. The van der Waals surface area contributed by atoms with Crippen molar-refractivity contribution in [3.63, 3.8) is 0 Å². The topological polar surface area (TPSA) is 98.1 Å². The summed E-state index contributed by atoms with van der Waals surface area (Å²) in [6.45, 7) is 5.57. The van der Waals surface area contributed by atoms with Gasteiger partial charge in [-0.2, -0.15) is 0 Å². The highest BCUT2D eigenvalue weighted by atomic mass is 16.2. The van der Waals surface area contributed by atoms with E-state index in [0.717, 1.165) is 55.4 Å². The predicted molar refractivity (Wildman–Crippen MR) is 109 cm³/mol. The third-order valence-electron chi connectivity index (χ3n) is 5.25. The number of likely N-dealkylation sites (tertiary alicyclic amines) is 1. The molecule has 1 saturated heterocycles. The molecule has 2 amide bonds. The van der Waals surface area contributed by atoms with E-state index in [0.29, 0.717) is 18.8 Å². The first-order valence-corrected chi connectivity index (χ1v) is 10.2. The molecular weight excluding hydrogens is 356 g/mol. The van der Waals surface area contributed by atoms with Crippen molar-refractivity contribution >= 4 is 22.8 Å². The maximum Gasteiger partial charge on any atom is 0.323 e. The summed E-state index contributed by atoms with van der Waals surface area (Å²) in [5, 5.41) is 3.11. The number of piperidine rings is 1. The van der Waals surface area contributed by atoms with Crippen LogP contribution in [0.15, 0.2) is 23.0 Å². The van der Waals surface area contributed by atoms with E-state index >= 15 is 0 Å². The molecule has 0 radical (unpaired) electrons. The average molecular weight is 386 g/mol. The Morgan fingerprint density at radius 2 is 1.89 bits per heavy atom. The second kappa shape index (κ2) is 9.08. The Balaban J connectivity index is 1.37. The van der Waals surface area contributed by atoms with E-state index in [1.807, 2.05) is 23.1 Å². The van der Waals surface area contributed by atoms with Crippen LogP contribution in [0.3, 0.4) is 0 Å². The highest BCUT2D eigenvalue weighted by molar-refractivity contribution is 5.77. The first-order valence-electron chi connectivity index (χ1n) is 10.2. The molecular formula is C21H30N4O3. The molecule has 3 N–H and O–H groups in total. The highest BCUT2D eigenvalue weighted by Gasteiger charge is 2.23. The summed E-state index contributed by atoms with van der Waals surface area (Å²) >= 11 is 0. The molecule has 7 nitrogen and oxygen atoms in total. The van der Waals surface area contributed by atoms with Crippen LogP contribution in [0.1, 0.15) is 51.5 Å². The van der Waals surface area contributed by atoms with Crippen molar-refractivity contribution in [3.05, 3.63) is 34.2 Å². The fraction of sp³-hybridized carbons (Fsp3) is 0.571. The summed E-state index contributed by atoms with van der Waals surface area (Å²) in [6.07, 6.45) is 4.28. The van der Waals surface area contributed by atoms with Crippen LogP contribution in [0.25, 0.3) is 11.0 Å². The molecule has 0 unspecified atom stereocenters. The van der Waals surface area contributed by atoms with Crippen LogP contribution in [0.4, 0.5) is 0 Å². The minimum Gasteiger partial charge on any atom is -0.353 e. The number of benzene rings is 1. The van der Waals surface area contributed by atoms with Gasteiger partial charge in [-0.05, 0) is 49.3 Å². The summed E-state index contributed by atoms with van der Waals surface area (Å²) in [6, 6.07) is 5.98. The van der Waals surface area contributed by atoms with E-state index in [4.69, 9.17) is 0 Å². The zero-order valence-electron chi connectivity index (χ0n) is 16.7. The number of aryl methyl sites for hydroxylation is 1. The Morgan fingerprint density at radius 3 is 2.61 bits per heavy atom. The average Bonchev–Trinajstić information content (AvgIpc) is 3.01. The lowest BCUT2D eigenvalue weighted by molar-refractivity contribution is -0.133. The Labute approximate surface area is 164 Å². The molecule has 0 saturated carbocycles. The van der Waals surface area contributed by atoms with Gasteiger partial charge >= 0.3 is 5.69 Å². The molecule has 0 atom stereocenters. The number of imidazole rings is 1. The minimum absolute atomic E-state index is 0.0723. The van der Waals surface area contributed by atoms with E-state index in [1.54, 1.807) is 0 Å². The van der Waals surface area contributed by atoms with Crippen LogP contribution in [-0.2, 0) is 16.0 Å². The van der Waals surface area contributed by atoms with E-state index in [1.165, 1.54) is 0 Å². The number of carbonyl (C=O) groups is 2. The smallest absolute Gasteiger partial charge is 0.323 e. The van der Waals surface area contributed by atoms with Crippen LogP contribution < -0.4 is 11.0 Å². The quantitative estimate of drug-likeness (QED) is 0.681. The van der Waals surface area contributed by atoms with Gasteiger partial charge in [-0.3, -0.25) is 9.59 Å². The summed E-state index contributed by atoms with van der Waals surface area (Å²) in [5.41, 5.74) is 2.49. The fourth-order valence-corrected chi connectivity index (χ4v) is 3.74. The van der Waals surface area contributed by atoms with Gasteiger partial charge in [0.2, 0.25) is 11.8 Å². The summed E-state index contributed by atoms with van der Waals surface area (Å²) in [5.74, 6) is 0.673. The number of nitrogens with one attached hydrogen (secondary N) is 3. The number of carbonyl (C=O) groups excluding carboxylic acids is 2. The van der Waals surface area contributed by atoms with Gasteiger partial charge in [-0.1, -0.05) is 19.9 Å². The van der Waals surface area contributed by atoms with E-state index < -0.39 is 0 Å². The van der Waals surface area contributed by atoms with Crippen LogP contribution in [0.5, 0.6) is 0 Å². The van der Waals surface area contributed by atoms with Crippen LogP contribution in [-0.4, -0.2) is 45.8 Å². The van der Waals surface area contributed by atoms with E-state index in [2.05, 4.69) is 29.1 Å². The van der Waals surface area contributed by atoms with E-state index in [-0.39, 0.29) is 23.5 Å². The number of aromatic nitrogens is 2. The van der Waals surface area contributed by atoms with Gasteiger partial charge in [0.15, 0.2) is 0 Å². The Bertz CT molecular complexity index is 875. The highest BCUT2D eigenvalue weighted by Crippen LogP contribution is 2.15. The summed E-state index contributed by atoms with van der Waals surface area (Å²) < 4.78 is 0. The lowest BCUT2D eigenvalue weighted by Gasteiger charge is -2.33. The number of fused-ring (bicyclic) bond motifs is 1. The van der Waals surface area contributed by atoms with Gasteiger partial charge in [0.1, 0.15) is 0 Å². The molecule has 2 aromatic rings. The molecule has 0 spiro atoms. The van der Waals surface area contributed by atoms with Gasteiger partial charge in [-0.15, -0.1) is 0 Å². The molecule has 152 valence electrons. The second-order valence-corrected chi connectivity index (χ2v) is 8.13. The van der Waals surface area contributed by atoms with Gasteiger partial charge in [0.05, 0.1) is 11.0 Å². The van der Waals surface area contributed by atoms with Gasteiger partial charge < -0.3 is 20.2 Å². The van der Waals surface area contributed by atoms with Gasteiger partial charge in [0.25, 0.3) is 0 Å².